The van der Waals surface area contributed by atoms with Gasteiger partial charge in [0, 0.05) is 5.56 Å². The maximum absolute atomic E-state index is 12.7. The molecule has 0 aliphatic carbocycles. The van der Waals surface area contributed by atoms with Crippen molar-refractivity contribution in [3.05, 3.63) is 47.5 Å². The first kappa shape index (κ1) is 24.9. The predicted octanol–water partition coefficient (Wildman–Crippen LogP) is 3.51. The zero-order valence-corrected chi connectivity index (χ0v) is 19.9. The van der Waals surface area contributed by atoms with Gasteiger partial charge in [0.05, 0.1) is 19.9 Å². The highest BCUT2D eigenvalue weighted by Gasteiger charge is 2.25. The van der Waals surface area contributed by atoms with Crippen molar-refractivity contribution >= 4 is 18.0 Å². The maximum atomic E-state index is 12.7. The molecule has 1 atom stereocenters. The number of amides is 2. The quantitative estimate of drug-likeness (QED) is 0.296. The molecule has 9 nitrogen and oxygen atoms in total. The summed E-state index contributed by atoms with van der Waals surface area (Å²) in [5.41, 5.74) is 3.61. The second-order valence-electron chi connectivity index (χ2n) is 8.11. The fourth-order valence-corrected chi connectivity index (χ4v) is 3.25. The summed E-state index contributed by atoms with van der Waals surface area (Å²) in [6.45, 7) is 6.52. The first-order valence-electron chi connectivity index (χ1n) is 11.3. The molecule has 182 valence electrons. The van der Waals surface area contributed by atoms with E-state index in [1.807, 2.05) is 19.9 Å². The van der Waals surface area contributed by atoms with Gasteiger partial charge in [-0.25, -0.2) is 5.43 Å². The number of nitrogens with zero attached hydrogens (tertiary/aromatic N) is 1. The monoisotopic (exact) mass is 469 g/mol. The molecule has 1 unspecified atom stereocenters. The molecular weight excluding hydrogens is 438 g/mol. The summed E-state index contributed by atoms with van der Waals surface area (Å²) >= 11 is 0. The third-order valence-corrected chi connectivity index (χ3v) is 5.20. The van der Waals surface area contributed by atoms with E-state index in [1.165, 1.54) is 6.21 Å². The smallest absolute Gasteiger partial charge is 0.262 e. The summed E-state index contributed by atoms with van der Waals surface area (Å²) in [5, 5.41) is 6.81. The molecule has 2 N–H and O–H groups in total. The van der Waals surface area contributed by atoms with Gasteiger partial charge in [0.25, 0.3) is 11.8 Å². The second kappa shape index (κ2) is 11.9. The van der Waals surface area contributed by atoms with E-state index in [0.29, 0.717) is 35.2 Å². The van der Waals surface area contributed by atoms with Crippen LogP contribution in [0, 0.1) is 5.92 Å². The van der Waals surface area contributed by atoms with Crippen molar-refractivity contribution in [1.29, 1.82) is 0 Å². The van der Waals surface area contributed by atoms with Crippen LogP contribution in [0.15, 0.2) is 41.5 Å². The van der Waals surface area contributed by atoms with Gasteiger partial charge in [-0.2, -0.15) is 5.10 Å². The first-order chi connectivity index (χ1) is 16.4. The summed E-state index contributed by atoms with van der Waals surface area (Å²) in [7, 11) is 1.57. The van der Waals surface area contributed by atoms with Crippen molar-refractivity contribution in [2.75, 3.05) is 20.5 Å². The van der Waals surface area contributed by atoms with Crippen molar-refractivity contribution in [2.45, 2.75) is 39.7 Å². The highest BCUT2D eigenvalue weighted by atomic mass is 16.7. The van der Waals surface area contributed by atoms with Gasteiger partial charge in [-0.1, -0.05) is 27.2 Å². The number of ether oxygens (including phenoxy) is 4. The van der Waals surface area contributed by atoms with Crippen LogP contribution in [0.25, 0.3) is 0 Å². The van der Waals surface area contributed by atoms with E-state index in [2.05, 4.69) is 22.8 Å². The van der Waals surface area contributed by atoms with Gasteiger partial charge >= 0.3 is 0 Å². The summed E-state index contributed by atoms with van der Waals surface area (Å²) in [6, 6.07) is 9.51. The minimum absolute atomic E-state index is 0.121. The number of rotatable bonds is 11. The predicted molar refractivity (Wildman–Crippen MR) is 128 cm³/mol. The van der Waals surface area contributed by atoms with Crippen LogP contribution in [0.5, 0.6) is 23.0 Å². The average Bonchev–Trinajstić information content (AvgIpc) is 3.30. The topological polar surface area (TPSA) is 107 Å². The molecule has 2 aromatic rings. The normalized spacial score (nSPS) is 13.1. The van der Waals surface area contributed by atoms with E-state index >= 15 is 0 Å². The molecule has 0 saturated carbocycles. The van der Waals surface area contributed by atoms with Crippen LogP contribution in [0.1, 0.15) is 49.5 Å². The summed E-state index contributed by atoms with van der Waals surface area (Å²) in [4.78, 5) is 25.4. The van der Waals surface area contributed by atoms with Gasteiger partial charge in [0.2, 0.25) is 6.79 Å². The fraction of sp³-hybridized carbons (Fsp3) is 0.400. The van der Waals surface area contributed by atoms with E-state index < -0.39 is 11.9 Å². The third kappa shape index (κ3) is 6.40. The van der Waals surface area contributed by atoms with Crippen molar-refractivity contribution in [3.8, 4) is 23.0 Å². The minimum atomic E-state index is -0.779. The lowest BCUT2D eigenvalue weighted by atomic mass is 10.0. The lowest BCUT2D eigenvalue weighted by Gasteiger charge is -2.20. The lowest BCUT2D eigenvalue weighted by Crippen LogP contribution is -2.48. The van der Waals surface area contributed by atoms with Gasteiger partial charge in [0.15, 0.2) is 23.0 Å². The van der Waals surface area contributed by atoms with Crippen LogP contribution in [0.4, 0.5) is 0 Å². The summed E-state index contributed by atoms with van der Waals surface area (Å²) < 4.78 is 21.7. The Hall–Kier alpha value is -3.75. The lowest BCUT2D eigenvalue weighted by molar-refractivity contribution is -0.123. The molecule has 0 spiro atoms. The largest absolute Gasteiger partial charge is 0.493 e. The second-order valence-corrected chi connectivity index (χ2v) is 8.11. The standard InChI is InChI=1S/C25H31N3O6/c1-5-6-11-32-19-9-7-17(12-21(19)31-4)14-26-28-25(30)23(16(2)3)27-24(29)18-8-10-20-22(13-18)34-15-33-20/h7-10,12-14,16,23H,5-6,11,15H2,1-4H3,(H,27,29)(H,28,30)/b26-14+. The number of unbranched alkanes of at least 4 members (excludes halogenated alkanes) is 1. The SMILES string of the molecule is CCCCOc1ccc(/C=N/NC(=O)C(NC(=O)c2ccc3c(c2)OCO3)C(C)C)cc1OC. The summed E-state index contributed by atoms with van der Waals surface area (Å²) in [5.74, 6) is 1.35. The van der Waals surface area contributed by atoms with Gasteiger partial charge in [-0.15, -0.1) is 0 Å². The molecule has 1 heterocycles. The van der Waals surface area contributed by atoms with Gasteiger partial charge in [-0.05, 0) is 54.3 Å². The number of carbonyl (C=O) groups is 2. The number of methoxy groups -OCH3 is 1. The minimum Gasteiger partial charge on any atom is -0.493 e. The number of fused-ring (bicyclic) bond motifs is 1. The van der Waals surface area contributed by atoms with E-state index in [-0.39, 0.29) is 18.6 Å². The Morgan fingerprint density at radius 2 is 1.91 bits per heavy atom. The maximum Gasteiger partial charge on any atom is 0.262 e. The molecule has 0 fully saturated rings. The van der Waals surface area contributed by atoms with Crippen LogP contribution in [0.3, 0.4) is 0 Å². The number of hydrogen-bond donors (Lipinski definition) is 2. The zero-order chi connectivity index (χ0) is 24.5. The van der Waals surface area contributed by atoms with Crippen LogP contribution < -0.4 is 29.7 Å². The molecular formula is C25H31N3O6. The van der Waals surface area contributed by atoms with Gasteiger partial charge < -0.3 is 24.3 Å². The fourth-order valence-electron chi connectivity index (χ4n) is 3.25. The Morgan fingerprint density at radius 3 is 2.65 bits per heavy atom. The number of benzene rings is 2. The van der Waals surface area contributed by atoms with Crippen LogP contribution in [0.2, 0.25) is 0 Å². The van der Waals surface area contributed by atoms with Crippen molar-refractivity contribution in [3.63, 3.8) is 0 Å². The van der Waals surface area contributed by atoms with Gasteiger partial charge in [-0.3, -0.25) is 9.59 Å². The molecule has 1 aliphatic heterocycles. The van der Waals surface area contributed by atoms with Crippen molar-refractivity contribution in [1.82, 2.24) is 10.7 Å². The first-order valence-corrected chi connectivity index (χ1v) is 11.3. The van der Waals surface area contributed by atoms with Crippen LogP contribution >= 0.6 is 0 Å². The highest BCUT2D eigenvalue weighted by molar-refractivity contribution is 5.98. The van der Waals surface area contributed by atoms with Gasteiger partial charge in [0.1, 0.15) is 6.04 Å². The zero-order valence-electron chi connectivity index (χ0n) is 19.9. The Kier molecular flexibility index (Phi) is 8.73. The van der Waals surface area contributed by atoms with E-state index in [0.717, 1.165) is 18.4 Å². The number of hydrogen-bond acceptors (Lipinski definition) is 7. The Labute approximate surface area is 199 Å². The number of nitrogens with one attached hydrogen (secondary N) is 2. The molecule has 0 bridgehead atoms. The molecule has 34 heavy (non-hydrogen) atoms. The van der Waals surface area contributed by atoms with E-state index in [1.54, 1.807) is 37.4 Å². The molecule has 2 aromatic carbocycles. The Balaban J connectivity index is 1.60. The Bertz CT molecular complexity index is 1040. The summed E-state index contributed by atoms with van der Waals surface area (Å²) in [6.07, 6.45) is 3.51. The van der Waals surface area contributed by atoms with Crippen molar-refractivity contribution in [2.24, 2.45) is 11.0 Å². The molecule has 1 aliphatic rings. The average molecular weight is 470 g/mol. The van der Waals surface area contributed by atoms with Crippen molar-refractivity contribution < 1.29 is 28.5 Å². The van der Waals surface area contributed by atoms with Crippen LogP contribution in [-0.4, -0.2) is 44.6 Å². The molecule has 0 saturated heterocycles. The van der Waals surface area contributed by atoms with Crippen LogP contribution in [-0.2, 0) is 4.79 Å². The number of hydrazone groups is 1. The van der Waals surface area contributed by atoms with E-state index in [4.69, 9.17) is 18.9 Å². The molecule has 3 rings (SSSR count). The Morgan fingerprint density at radius 1 is 1.12 bits per heavy atom. The third-order valence-electron chi connectivity index (χ3n) is 5.20. The molecule has 2 amide bonds. The molecule has 0 radical (unpaired) electrons. The number of carbonyl (C=O) groups excluding carboxylic acids is 2. The molecule has 9 heteroatoms. The van der Waals surface area contributed by atoms with E-state index in [9.17, 15) is 9.59 Å². The molecule has 0 aromatic heterocycles. The highest BCUT2D eigenvalue weighted by Crippen LogP contribution is 2.32.